The van der Waals surface area contributed by atoms with Crippen LogP contribution in [0.2, 0.25) is 5.02 Å². The molecule has 8 nitrogen and oxygen atoms in total. The van der Waals surface area contributed by atoms with E-state index in [-0.39, 0.29) is 22.7 Å². The first-order valence-corrected chi connectivity index (χ1v) is 13.6. The standard InChI is InChI=1S/C28H29Cl2N5O3/c29-14-24(36)35-12-6-2-3-7-18(35)15-31-27-25-22(16-32-28(25)34-17-33-27)26(37)21-11-10-20(13-23(21)30)38-19-8-4-1-5-9-19/h1,4-5,8-11,13,16-18,24,36H,2-3,6-7,12,14-15H2,(H2,31,32,33,34). The van der Waals surface area contributed by atoms with Gasteiger partial charge in [-0.1, -0.05) is 42.6 Å². The monoisotopic (exact) mass is 553 g/mol. The largest absolute Gasteiger partial charge is 0.457 e. The summed E-state index contributed by atoms with van der Waals surface area (Å²) in [4.78, 5) is 27.5. The molecule has 3 N–H and O–H groups in total. The maximum Gasteiger partial charge on any atom is 0.196 e. The van der Waals surface area contributed by atoms with Gasteiger partial charge in [0.25, 0.3) is 0 Å². The number of aromatic amines is 1. The third-order valence-corrected chi connectivity index (χ3v) is 7.42. The molecule has 4 aromatic rings. The van der Waals surface area contributed by atoms with Gasteiger partial charge in [-0.15, -0.1) is 11.6 Å². The number of ketones is 1. The Balaban J connectivity index is 1.38. The van der Waals surface area contributed by atoms with Gasteiger partial charge in [0.05, 0.1) is 21.9 Å². The lowest BCUT2D eigenvalue weighted by molar-refractivity contribution is -0.00386. The highest BCUT2D eigenvalue weighted by Gasteiger charge is 2.27. The van der Waals surface area contributed by atoms with Crippen molar-refractivity contribution in [2.24, 2.45) is 0 Å². The fourth-order valence-corrected chi connectivity index (χ4v) is 5.34. The lowest BCUT2D eigenvalue weighted by atomic mass is 10.0. The number of aliphatic hydroxyl groups is 1. The zero-order chi connectivity index (χ0) is 26.5. The van der Waals surface area contributed by atoms with Crippen LogP contribution in [0.5, 0.6) is 11.5 Å². The van der Waals surface area contributed by atoms with Gasteiger partial charge in [-0.05, 0) is 37.1 Å². The first-order chi connectivity index (χ1) is 18.5. The van der Waals surface area contributed by atoms with Crippen LogP contribution in [0.1, 0.15) is 41.6 Å². The number of nitrogens with zero attached hydrogens (tertiary/aromatic N) is 3. The molecule has 0 spiro atoms. The molecule has 3 heterocycles. The number of carbonyl (C=O) groups is 1. The molecule has 0 amide bonds. The van der Waals surface area contributed by atoms with Crippen molar-refractivity contribution >= 4 is 45.8 Å². The van der Waals surface area contributed by atoms with Gasteiger partial charge in [0, 0.05) is 37.0 Å². The minimum absolute atomic E-state index is 0.0842. The molecule has 2 aromatic carbocycles. The topological polar surface area (TPSA) is 103 Å². The van der Waals surface area contributed by atoms with E-state index in [4.69, 9.17) is 27.9 Å². The van der Waals surface area contributed by atoms with E-state index in [2.05, 4.69) is 20.3 Å². The predicted octanol–water partition coefficient (Wildman–Crippen LogP) is 5.85. The highest BCUT2D eigenvalue weighted by molar-refractivity contribution is 6.35. The average Bonchev–Trinajstić information content (AvgIpc) is 3.24. The van der Waals surface area contributed by atoms with Crippen LogP contribution in [0, 0.1) is 0 Å². The molecule has 0 saturated carbocycles. The van der Waals surface area contributed by atoms with Gasteiger partial charge < -0.3 is 20.1 Å². The van der Waals surface area contributed by atoms with Crippen molar-refractivity contribution in [3.8, 4) is 11.5 Å². The smallest absolute Gasteiger partial charge is 0.196 e. The summed E-state index contributed by atoms with van der Waals surface area (Å²) in [5, 5.41) is 14.7. The number of nitrogens with one attached hydrogen (secondary N) is 2. The molecule has 0 radical (unpaired) electrons. The molecule has 10 heteroatoms. The first kappa shape index (κ1) is 26.4. The van der Waals surface area contributed by atoms with Crippen molar-refractivity contribution < 1.29 is 14.6 Å². The van der Waals surface area contributed by atoms with Crippen molar-refractivity contribution in [1.29, 1.82) is 0 Å². The number of likely N-dealkylation sites (tertiary alicyclic amines) is 1. The molecule has 198 valence electrons. The van der Waals surface area contributed by atoms with Crippen LogP contribution in [0.4, 0.5) is 5.82 Å². The van der Waals surface area contributed by atoms with Gasteiger partial charge in [-0.2, -0.15) is 0 Å². The predicted molar refractivity (Wildman–Crippen MR) is 149 cm³/mol. The Morgan fingerprint density at radius 3 is 2.76 bits per heavy atom. The first-order valence-electron chi connectivity index (χ1n) is 12.7. The molecule has 1 aliphatic rings. The summed E-state index contributed by atoms with van der Waals surface area (Å²) < 4.78 is 5.84. The van der Waals surface area contributed by atoms with Gasteiger partial charge in [0.2, 0.25) is 0 Å². The zero-order valence-electron chi connectivity index (χ0n) is 20.7. The van der Waals surface area contributed by atoms with E-state index in [1.54, 1.807) is 24.4 Å². The fourth-order valence-electron chi connectivity index (χ4n) is 4.90. The van der Waals surface area contributed by atoms with Crippen LogP contribution in [0.25, 0.3) is 11.0 Å². The summed E-state index contributed by atoms with van der Waals surface area (Å²) in [7, 11) is 0. The molecule has 2 aromatic heterocycles. The summed E-state index contributed by atoms with van der Waals surface area (Å²) in [5.41, 5.74) is 1.31. The van der Waals surface area contributed by atoms with E-state index in [9.17, 15) is 9.90 Å². The SMILES string of the molecule is O=C(c1ccc(Oc2ccccc2)cc1Cl)c1c[nH]c2ncnc(NCC3CCCCCN3C(O)CCl)c12. The molecule has 2 unspecified atom stereocenters. The molecule has 38 heavy (non-hydrogen) atoms. The number of para-hydroxylation sites is 1. The number of hydrogen-bond acceptors (Lipinski definition) is 7. The van der Waals surface area contributed by atoms with Gasteiger partial charge in [-0.3, -0.25) is 9.69 Å². The Morgan fingerprint density at radius 1 is 1.13 bits per heavy atom. The molecular formula is C28H29Cl2N5O3. The number of aliphatic hydroxyl groups excluding tert-OH is 1. The van der Waals surface area contributed by atoms with Gasteiger partial charge >= 0.3 is 0 Å². The van der Waals surface area contributed by atoms with Crippen LogP contribution < -0.4 is 10.1 Å². The second-order valence-electron chi connectivity index (χ2n) is 9.29. The van der Waals surface area contributed by atoms with E-state index in [0.717, 1.165) is 32.2 Å². The molecule has 0 bridgehead atoms. The lowest BCUT2D eigenvalue weighted by Gasteiger charge is -2.33. The maximum absolute atomic E-state index is 13.6. The Hall–Kier alpha value is -3.17. The highest BCUT2D eigenvalue weighted by Crippen LogP contribution is 2.31. The van der Waals surface area contributed by atoms with Crippen LogP contribution in [-0.2, 0) is 0 Å². The number of benzene rings is 2. The Bertz CT molecular complexity index is 1400. The zero-order valence-corrected chi connectivity index (χ0v) is 22.3. The number of rotatable bonds is 9. The molecule has 1 fully saturated rings. The Labute approximate surface area is 231 Å². The number of carbonyl (C=O) groups excluding carboxylic acids is 1. The maximum atomic E-state index is 13.6. The van der Waals surface area contributed by atoms with Crippen LogP contribution >= 0.6 is 23.2 Å². The van der Waals surface area contributed by atoms with Crippen molar-refractivity contribution in [2.45, 2.75) is 38.0 Å². The number of H-pyrrole nitrogens is 1. The summed E-state index contributed by atoms with van der Waals surface area (Å²) in [5.74, 6) is 1.66. The molecule has 0 aliphatic carbocycles. The number of alkyl halides is 1. The Morgan fingerprint density at radius 2 is 1.97 bits per heavy atom. The number of halogens is 2. The van der Waals surface area contributed by atoms with Crippen LogP contribution in [0.3, 0.4) is 0 Å². The molecule has 5 rings (SSSR count). The van der Waals surface area contributed by atoms with Gasteiger partial charge in [-0.25, -0.2) is 9.97 Å². The molecular weight excluding hydrogens is 525 g/mol. The fraction of sp³-hybridized carbons (Fsp3) is 0.321. The van der Waals surface area contributed by atoms with E-state index in [0.29, 0.717) is 46.0 Å². The second kappa shape index (κ2) is 12.1. The summed E-state index contributed by atoms with van der Waals surface area (Å²) in [6.07, 6.45) is 6.53. The van der Waals surface area contributed by atoms with Crippen molar-refractivity contribution in [3.63, 3.8) is 0 Å². The highest BCUT2D eigenvalue weighted by atomic mass is 35.5. The Kier molecular flexibility index (Phi) is 8.44. The van der Waals surface area contributed by atoms with Crippen molar-refractivity contribution in [2.75, 3.05) is 24.3 Å². The lowest BCUT2D eigenvalue weighted by Crippen LogP contribution is -2.47. The van der Waals surface area contributed by atoms with Gasteiger partial charge in [0.1, 0.15) is 35.5 Å². The molecule has 1 saturated heterocycles. The van der Waals surface area contributed by atoms with Crippen LogP contribution in [0.15, 0.2) is 61.1 Å². The number of hydrogen-bond donors (Lipinski definition) is 3. The summed E-state index contributed by atoms with van der Waals surface area (Å²) in [6.45, 7) is 1.33. The molecule has 1 aliphatic heterocycles. The number of anilines is 1. The van der Waals surface area contributed by atoms with E-state index in [1.807, 2.05) is 35.2 Å². The summed E-state index contributed by atoms with van der Waals surface area (Å²) in [6, 6.07) is 14.5. The number of aromatic nitrogens is 3. The minimum Gasteiger partial charge on any atom is -0.457 e. The van der Waals surface area contributed by atoms with E-state index < -0.39 is 6.23 Å². The normalized spacial score (nSPS) is 17.2. The number of fused-ring (bicyclic) bond motifs is 1. The number of ether oxygens (including phenoxy) is 1. The second-order valence-corrected chi connectivity index (χ2v) is 10.0. The van der Waals surface area contributed by atoms with Crippen molar-refractivity contribution in [1.82, 2.24) is 19.9 Å². The minimum atomic E-state index is -0.702. The van der Waals surface area contributed by atoms with E-state index in [1.165, 1.54) is 6.33 Å². The van der Waals surface area contributed by atoms with Crippen LogP contribution in [-0.4, -0.2) is 62.0 Å². The van der Waals surface area contributed by atoms with Gasteiger partial charge in [0.15, 0.2) is 5.78 Å². The summed E-state index contributed by atoms with van der Waals surface area (Å²) >= 11 is 12.5. The quantitative estimate of drug-likeness (QED) is 0.176. The average molecular weight is 554 g/mol. The molecule has 2 atom stereocenters. The van der Waals surface area contributed by atoms with Crippen molar-refractivity contribution in [3.05, 3.63) is 77.2 Å². The van der Waals surface area contributed by atoms with E-state index >= 15 is 0 Å². The third kappa shape index (κ3) is 5.78. The third-order valence-electron chi connectivity index (χ3n) is 6.83.